The average molecular weight is 377 g/mol. The highest BCUT2D eigenvalue weighted by Crippen LogP contribution is 2.28. The van der Waals surface area contributed by atoms with Crippen LogP contribution >= 0.6 is 39.1 Å². The second-order valence-corrected chi connectivity index (χ2v) is 5.90. The fraction of sp³-hybridized carbons (Fsp3) is 0.0714. The molecule has 0 amide bonds. The van der Waals surface area contributed by atoms with Crippen molar-refractivity contribution >= 4 is 44.8 Å². The van der Waals surface area contributed by atoms with Gasteiger partial charge in [0, 0.05) is 26.7 Å². The molecule has 0 bridgehead atoms. The van der Waals surface area contributed by atoms with Crippen LogP contribution in [-0.2, 0) is 6.42 Å². The molecule has 2 aromatic rings. The molecule has 0 heterocycles. The summed E-state index contributed by atoms with van der Waals surface area (Å²) in [5, 5.41) is 18.3. The summed E-state index contributed by atoms with van der Waals surface area (Å²) in [6.45, 7) is 0. The van der Waals surface area contributed by atoms with Crippen LogP contribution < -0.4 is 0 Å². The Morgan fingerprint density at radius 3 is 2.55 bits per heavy atom. The number of phenolic OH excluding ortho intramolecular Hbond substituents is 1. The minimum atomic E-state index is -0.724. The molecule has 2 nitrogen and oxygen atoms in total. The van der Waals surface area contributed by atoms with Crippen molar-refractivity contribution in [1.82, 2.24) is 0 Å². The highest BCUT2D eigenvalue weighted by molar-refractivity contribution is 9.10. The molecule has 0 aliphatic rings. The Bertz CT molecular complexity index is 668. The van der Waals surface area contributed by atoms with Gasteiger partial charge in [-0.25, -0.2) is 4.39 Å². The lowest BCUT2D eigenvalue weighted by Crippen LogP contribution is -2.07. The van der Waals surface area contributed by atoms with Crippen LogP contribution in [0.5, 0.6) is 5.75 Å². The van der Waals surface area contributed by atoms with Gasteiger partial charge in [-0.2, -0.15) is 0 Å². The van der Waals surface area contributed by atoms with Crippen LogP contribution in [-0.4, -0.2) is 10.8 Å². The number of halogens is 4. The molecule has 0 aromatic heterocycles. The molecule has 2 N–H and O–H groups in total. The Hall–Kier alpha value is -1.10. The molecule has 0 radical (unpaired) electrons. The van der Waals surface area contributed by atoms with Crippen molar-refractivity contribution in [2.24, 2.45) is 0 Å². The summed E-state index contributed by atoms with van der Waals surface area (Å²) in [7, 11) is 0. The van der Waals surface area contributed by atoms with Gasteiger partial charge in [0.15, 0.2) is 0 Å². The molecule has 2 rings (SSSR count). The smallest absolute Gasteiger partial charge is 0.137 e. The Kier molecular flexibility index (Phi) is 4.68. The van der Waals surface area contributed by atoms with Crippen LogP contribution in [0.15, 0.2) is 34.8 Å². The van der Waals surface area contributed by atoms with E-state index in [2.05, 4.69) is 15.9 Å². The quantitative estimate of drug-likeness (QED) is 0.709. The normalized spacial score (nSPS) is 10.6. The molecule has 0 aliphatic heterocycles. The van der Waals surface area contributed by atoms with Gasteiger partial charge in [-0.3, -0.25) is 0 Å². The molecular formula is C14H9BrCl2FNO. The van der Waals surface area contributed by atoms with E-state index < -0.39 is 5.82 Å². The van der Waals surface area contributed by atoms with Crippen molar-refractivity contribution < 1.29 is 9.50 Å². The molecule has 104 valence electrons. The van der Waals surface area contributed by atoms with Crippen LogP contribution in [0.25, 0.3) is 0 Å². The first kappa shape index (κ1) is 15.3. The van der Waals surface area contributed by atoms with E-state index in [1.807, 2.05) is 0 Å². The maximum absolute atomic E-state index is 13.8. The SMILES string of the molecule is N=C(Cc1cc(Cl)ccc1Br)c1c(O)cc(Cl)cc1F. The highest BCUT2D eigenvalue weighted by atomic mass is 79.9. The van der Waals surface area contributed by atoms with Crippen molar-refractivity contribution in [3.05, 3.63) is 61.8 Å². The molecule has 0 spiro atoms. The van der Waals surface area contributed by atoms with Crippen molar-refractivity contribution in [2.45, 2.75) is 6.42 Å². The predicted octanol–water partition coefficient (Wildman–Crippen LogP) is 5.21. The van der Waals surface area contributed by atoms with Crippen LogP contribution in [0, 0.1) is 11.2 Å². The molecule has 0 atom stereocenters. The summed E-state index contributed by atoms with van der Waals surface area (Å²) in [6.07, 6.45) is 0.132. The van der Waals surface area contributed by atoms with E-state index in [9.17, 15) is 9.50 Å². The van der Waals surface area contributed by atoms with Crippen LogP contribution in [0.4, 0.5) is 4.39 Å². The minimum Gasteiger partial charge on any atom is -0.507 e. The zero-order valence-corrected chi connectivity index (χ0v) is 13.2. The van der Waals surface area contributed by atoms with Gasteiger partial charge >= 0.3 is 0 Å². The van der Waals surface area contributed by atoms with Crippen LogP contribution in [0.3, 0.4) is 0 Å². The lowest BCUT2D eigenvalue weighted by Gasteiger charge is -2.10. The number of nitrogens with one attached hydrogen (secondary N) is 1. The van der Waals surface area contributed by atoms with E-state index in [1.54, 1.807) is 18.2 Å². The third kappa shape index (κ3) is 3.32. The fourth-order valence-electron chi connectivity index (χ4n) is 1.82. The molecule has 6 heteroatoms. The summed E-state index contributed by atoms with van der Waals surface area (Å²) >= 11 is 14.9. The molecule has 0 fully saturated rings. The van der Waals surface area contributed by atoms with Crippen molar-refractivity contribution in [1.29, 1.82) is 5.41 Å². The summed E-state index contributed by atoms with van der Waals surface area (Å²) in [5.41, 5.74) is 0.525. The third-order valence-corrected chi connectivity index (χ3v) is 3.94. The topological polar surface area (TPSA) is 44.1 Å². The van der Waals surface area contributed by atoms with E-state index in [-0.39, 0.29) is 28.5 Å². The summed E-state index contributed by atoms with van der Waals surface area (Å²) < 4.78 is 14.6. The largest absolute Gasteiger partial charge is 0.507 e. The standard InChI is InChI=1S/C14H9BrCl2FNO/c15-10-2-1-8(16)3-7(10)4-12(19)14-11(18)5-9(17)6-13(14)20/h1-3,5-6,19-20H,4H2. The number of rotatable bonds is 3. The average Bonchev–Trinajstić information content (AvgIpc) is 2.32. The van der Waals surface area contributed by atoms with Gasteiger partial charge in [0.1, 0.15) is 11.6 Å². The molecule has 2 aromatic carbocycles. The van der Waals surface area contributed by atoms with Crippen molar-refractivity contribution in [3.8, 4) is 5.75 Å². The number of phenols is 1. The van der Waals surface area contributed by atoms with Crippen LogP contribution in [0.1, 0.15) is 11.1 Å². The maximum atomic E-state index is 13.8. The van der Waals surface area contributed by atoms with Crippen LogP contribution in [0.2, 0.25) is 10.0 Å². The second-order valence-electron chi connectivity index (χ2n) is 4.17. The summed E-state index contributed by atoms with van der Waals surface area (Å²) in [4.78, 5) is 0. The molecule has 0 saturated heterocycles. The first-order valence-electron chi connectivity index (χ1n) is 5.58. The Morgan fingerprint density at radius 1 is 1.20 bits per heavy atom. The number of hydrogen-bond donors (Lipinski definition) is 2. The number of hydrogen-bond acceptors (Lipinski definition) is 2. The van der Waals surface area contributed by atoms with Gasteiger partial charge in [0.05, 0.1) is 5.56 Å². The minimum absolute atomic E-state index is 0.0559. The van der Waals surface area contributed by atoms with E-state index in [0.717, 1.165) is 16.1 Å². The Labute approximate surface area is 133 Å². The van der Waals surface area contributed by atoms with Crippen molar-refractivity contribution in [2.75, 3.05) is 0 Å². The first-order valence-corrected chi connectivity index (χ1v) is 7.13. The Morgan fingerprint density at radius 2 is 1.90 bits per heavy atom. The lowest BCUT2D eigenvalue weighted by atomic mass is 10.0. The van der Waals surface area contributed by atoms with E-state index in [4.69, 9.17) is 28.6 Å². The molecule has 0 aliphatic carbocycles. The zero-order valence-electron chi connectivity index (χ0n) is 10.1. The highest BCUT2D eigenvalue weighted by Gasteiger charge is 2.16. The summed E-state index contributed by atoms with van der Waals surface area (Å²) in [6, 6.07) is 7.42. The molecule has 0 unspecified atom stereocenters. The van der Waals surface area contributed by atoms with Crippen molar-refractivity contribution in [3.63, 3.8) is 0 Å². The fourth-order valence-corrected chi connectivity index (χ4v) is 2.60. The molecular weight excluding hydrogens is 368 g/mol. The second kappa shape index (κ2) is 6.12. The van der Waals surface area contributed by atoms with Gasteiger partial charge in [0.25, 0.3) is 0 Å². The third-order valence-electron chi connectivity index (χ3n) is 2.71. The van der Waals surface area contributed by atoms with E-state index in [0.29, 0.717) is 5.02 Å². The zero-order chi connectivity index (χ0) is 14.9. The lowest BCUT2D eigenvalue weighted by molar-refractivity contribution is 0.467. The molecule has 0 saturated carbocycles. The van der Waals surface area contributed by atoms with Gasteiger partial charge < -0.3 is 10.5 Å². The van der Waals surface area contributed by atoms with E-state index in [1.165, 1.54) is 6.07 Å². The monoisotopic (exact) mass is 375 g/mol. The van der Waals surface area contributed by atoms with Gasteiger partial charge in [-0.05, 0) is 35.9 Å². The number of aromatic hydroxyl groups is 1. The maximum Gasteiger partial charge on any atom is 0.137 e. The summed E-state index contributed by atoms with van der Waals surface area (Å²) in [5.74, 6) is -1.07. The Balaban J connectivity index is 2.36. The van der Waals surface area contributed by atoms with Gasteiger partial charge in [-0.15, -0.1) is 0 Å². The number of benzene rings is 2. The van der Waals surface area contributed by atoms with Gasteiger partial charge in [0.2, 0.25) is 0 Å². The van der Waals surface area contributed by atoms with E-state index >= 15 is 0 Å². The van der Waals surface area contributed by atoms with Gasteiger partial charge in [-0.1, -0.05) is 39.1 Å². The molecule has 20 heavy (non-hydrogen) atoms. The predicted molar refractivity (Wildman–Crippen MR) is 82.8 cm³/mol. The first-order chi connectivity index (χ1) is 9.38.